The number of piperidine rings is 1. The number of sulfonamides is 1. The maximum absolute atomic E-state index is 13.8. The van der Waals surface area contributed by atoms with E-state index in [0.717, 1.165) is 12.1 Å². The number of benzene rings is 1. The number of aromatic nitrogens is 2. The van der Waals surface area contributed by atoms with Gasteiger partial charge in [0.25, 0.3) is 10.0 Å². The first kappa shape index (κ1) is 20.4. The highest BCUT2D eigenvalue weighted by atomic mass is 32.2. The Bertz CT molecular complexity index is 975. The number of anilines is 1. The molecule has 0 unspecified atom stereocenters. The molecule has 2 heterocycles. The number of imidazole rings is 1. The second-order valence-corrected chi connectivity index (χ2v) is 8.95. The topological polar surface area (TPSA) is 84.3 Å². The molecule has 3 rings (SSSR count). The standard InChI is InChI=1S/C18H22F2N4O3S/c1-12(2)23-10-17(21-11-23)28(26,27)24-7-3-4-13(9-24)18(25)22-16-6-5-14(19)8-15(16)20/h5-6,8,10-13H,3-4,7,9H2,1-2H3,(H,22,25)/t13-/m1/s1. The maximum atomic E-state index is 13.8. The fourth-order valence-electron chi connectivity index (χ4n) is 3.07. The number of carbonyl (C=O) groups is 1. The summed E-state index contributed by atoms with van der Waals surface area (Å²) in [6.07, 6.45) is 3.90. The summed E-state index contributed by atoms with van der Waals surface area (Å²) in [5.41, 5.74) is -0.137. The van der Waals surface area contributed by atoms with Crippen LogP contribution in [0.15, 0.2) is 35.7 Å². The van der Waals surface area contributed by atoms with Crippen LogP contribution in [0.2, 0.25) is 0 Å². The van der Waals surface area contributed by atoms with Crippen LogP contribution in [0.1, 0.15) is 32.7 Å². The summed E-state index contributed by atoms with van der Waals surface area (Å²) in [5, 5.41) is 2.35. The number of nitrogens with zero attached hydrogens (tertiary/aromatic N) is 3. The van der Waals surface area contributed by atoms with Crippen molar-refractivity contribution in [2.75, 3.05) is 18.4 Å². The van der Waals surface area contributed by atoms with Crippen molar-refractivity contribution in [3.05, 3.63) is 42.4 Å². The summed E-state index contributed by atoms with van der Waals surface area (Å²) in [4.78, 5) is 16.5. The van der Waals surface area contributed by atoms with Gasteiger partial charge in [0.2, 0.25) is 5.91 Å². The largest absolute Gasteiger partial charge is 0.334 e. The molecule has 152 valence electrons. The van der Waals surface area contributed by atoms with Crippen molar-refractivity contribution in [3.8, 4) is 0 Å². The van der Waals surface area contributed by atoms with Gasteiger partial charge in [-0.05, 0) is 38.8 Å². The number of hydrogen-bond donors (Lipinski definition) is 1. The van der Waals surface area contributed by atoms with Crippen LogP contribution in [0.25, 0.3) is 0 Å². The van der Waals surface area contributed by atoms with Crippen molar-refractivity contribution >= 4 is 21.6 Å². The minimum absolute atomic E-state index is 0.0223. The molecule has 1 aromatic carbocycles. The van der Waals surface area contributed by atoms with E-state index in [1.54, 1.807) is 4.57 Å². The molecule has 7 nitrogen and oxygen atoms in total. The Labute approximate surface area is 162 Å². The van der Waals surface area contributed by atoms with E-state index in [1.165, 1.54) is 16.8 Å². The summed E-state index contributed by atoms with van der Waals surface area (Å²) in [5.74, 6) is -2.77. The zero-order valence-electron chi connectivity index (χ0n) is 15.6. The van der Waals surface area contributed by atoms with Crippen LogP contribution in [0.3, 0.4) is 0 Å². The minimum atomic E-state index is -3.83. The normalized spacial score (nSPS) is 18.4. The lowest BCUT2D eigenvalue weighted by Gasteiger charge is -2.30. The molecule has 0 saturated carbocycles. The molecule has 1 aliphatic rings. The number of halogens is 2. The number of rotatable bonds is 5. The van der Waals surface area contributed by atoms with Crippen LogP contribution in [-0.4, -0.2) is 41.3 Å². The highest BCUT2D eigenvalue weighted by Gasteiger charge is 2.34. The molecule has 1 aliphatic heterocycles. The monoisotopic (exact) mass is 412 g/mol. The average Bonchev–Trinajstić information content (AvgIpc) is 3.15. The molecule has 1 amide bonds. The van der Waals surface area contributed by atoms with Crippen LogP contribution >= 0.6 is 0 Å². The third-order valence-corrected chi connectivity index (χ3v) is 6.47. The lowest BCUT2D eigenvalue weighted by Crippen LogP contribution is -2.43. The predicted molar refractivity (Wildman–Crippen MR) is 99.1 cm³/mol. The maximum Gasteiger partial charge on any atom is 0.262 e. The molecule has 0 spiro atoms. The second kappa shape index (κ2) is 7.96. The molecular weight excluding hydrogens is 390 g/mol. The first-order chi connectivity index (χ1) is 13.2. The van der Waals surface area contributed by atoms with Crippen LogP contribution in [0.4, 0.5) is 14.5 Å². The van der Waals surface area contributed by atoms with Crippen molar-refractivity contribution in [1.29, 1.82) is 0 Å². The van der Waals surface area contributed by atoms with Crippen molar-refractivity contribution in [2.24, 2.45) is 5.92 Å². The Morgan fingerprint density at radius 1 is 1.32 bits per heavy atom. The molecule has 2 aromatic rings. The number of amides is 1. The SMILES string of the molecule is CC(C)n1cnc(S(=O)(=O)N2CCC[C@@H](C(=O)Nc3ccc(F)cc3F)C2)c1. The fourth-order valence-corrected chi connectivity index (χ4v) is 4.51. The summed E-state index contributed by atoms with van der Waals surface area (Å²) >= 11 is 0. The van der Waals surface area contributed by atoms with Gasteiger partial charge < -0.3 is 9.88 Å². The molecule has 1 aromatic heterocycles. The van der Waals surface area contributed by atoms with E-state index in [0.29, 0.717) is 18.9 Å². The Kier molecular flexibility index (Phi) is 5.80. The van der Waals surface area contributed by atoms with Gasteiger partial charge >= 0.3 is 0 Å². The predicted octanol–water partition coefficient (Wildman–Crippen LogP) is 2.78. The van der Waals surface area contributed by atoms with E-state index in [4.69, 9.17) is 0 Å². The lowest BCUT2D eigenvalue weighted by atomic mass is 9.98. The van der Waals surface area contributed by atoms with Gasteiger partial charge in [-0.25, -0.2) is 22.2 Å². The van der Waals surface area contributed by atoms with Crippen molar-refractivity contribution in [3.63, 3.8) is 0 Å². The molecule has 1 fully saturated rings. The van der Waals surface area contributed by atoms with Crippen LogP contribution in [0, 0.1) is 17.6 Å². The van der Waals surface area contributed by atoms with Gasteiger partial charge in [0, 0.05) is 31.4 Å². The van der Waals surface area contributed by atoms with Gasteiger partial charge in [0.15, 0.2) is 5.03 Å². The molecule has 0 bridgehead atoms. The molecule has 28 heavy (non-hydrogen) atoms. The highest BCUT2D eigenvalue weighted by molar-refractivity contribution is 7.89. The number of nitrogens with one attached hydrogen (secondary N) is 1. The zero-order chi connectivity index (χ0) is 20.5. The fraction of sp³-hybridized carbons (Fsp3) is 0.444. The van der Waals surface area contributed by atoms with E-state index in [-0.39, 0.29) is 29.8 Å². The Balaban J connectivity index is 1.72. The summed E-state index contributed by atoms with van der Waals surface area (Å²) in [7, 11) is -3.83. The molecule has 1 saturated heterocycles. The summed E-state index contributed by atoms with van der Waals surface area (Å²) in [6.45, 7) is 4.08. The third kappa shape index (κ3) is 4.22. The second-order valence-electron chi connectivity index (χ2n) is 7.07. The number of carbonyl (C=O) groups excluding carboxylic acids is 1. The van der Waals surface area contributed by atoms with Gasteiger partial charge in [-0.15, -0.1) is 0 Å². The quantitative estimate of drug-likeness (QED) is 0.819. The van der Waals surface area contributed by atoms with Gasteiger partial charge in [-0.1, -0.05) is 0 Å². The third-order valence-electron chi connectivity index (χ3n) is 4.72. The van der Waals surface area contributed by atoms with Gasteiger partial charge in [-0.2, -0.15) is 4.31 Å². The van der Waals surface area contributed by atoms with E-state index >= 15 is 0 Å². The van der Waals surface area contributed by atoms with E-state index in [1.807, 2.05) is 13.8 Å². The molecule has 10 heteroatoms. The molecule has 1 N–H and O–H groups in total. The molecular formula is C18H22F2N4O3S. The zero-order valence-corrected chi connectivity index (χ0v) is 16.4. The van der Waals surface area contributed by atoms with E-state index in [2.05, 4.69) is 10.3 Å². The minimum Gasteiger partial charge on any atom is -0.334 e. The first-order valence-electron chi connectivity index (χ1n) is 8.98. The molecule has 1 atom stereocenters. The average molecular weight is 412 g/mol. The Morgan fingerprint density at radius 3 is 2.71 bits per heavy atom. The van der Waals surface area contributed by atoms with Gasteiger partial charge in [0.1, 0.15) is 11.6 Å². The van der Waals surface area contributed by atoms with Crippen molar-refractivity contribution in [2.45, 2.75) is 37.8 Å². The van der Waals surface area contributed by atoms with Gasteiger partial charge in [-0.3, -0.25) is 4.79 Å². The van der Waals surface area contributed by atoms with Crippen LogP contribution in [-0.2, 0) is 14.8 Å². The van der Waals surface area contributed by atoms with Crippen molar-refractivity contribution < 1.29 is 22.0 Å². The van der Waals surface area contributed by atoms with Crippen LogP contribution < -0.4 is 5.32 Å². The smallest absolute Gasteiger partial charge is 0.262 e. The van der Waals surface area contributed by atoms with Crippen molar-refractivity contribution in [1.82, 2.24) is 13.9 Å². The Morgan fingerprint density at radius 2 is 2.07 bits per heavy atom. The molecule has 0 radical (unpaired) electrons. The van der Waals surface area contributed by atoms with E-state index in [9.17, 15) is 22.0 Å². The van der Waals surface area contributed by atoms with Crippen LogP contribution in [0.5, 0.6) is 0 Å². The van der Waals surface area contributed by atoms with E-state index < -0.39 is 33.5 Å². The molecule has 0 aliphatic carbocycles. The number of hydrogen-bond acceptors (Lipinski definition) is 4. The summed E-state index contributed by atoms with van der Waals surface area (Å²) < 4.78 is 55.4. The lowest BCUT2D eigenvalue weighted by molar-refractivity contribution is -0.120. The van der Waals surface area contributed by atoms with Gasteiger partial charge in [0.05, 0.1) is 17.9 Å². The first-order valence-corrected chi connectivity index (χ1v) is 10.4. The highest BCUT2D eigenvalue weighted by Crippen LogP contribution is 2.25. The summed E-state index contributed by atoms with van der Waals surface area (Å²) in [6, 6.07) is 2.93. The Hall–Kier alpha value is -2.33.